The smallest absolute Gasteiger partial charge is 0.308 e. The molecule has 2 aromatic rings. The zero-order valence-electron chi connectivity index (χ0n) is 12.9. The number of nitrogens with one attached hydrogen (secondary N) is 2. The van der Waals surface area contributed by atoms with E-state index in [-0.39, 0.29) is 18.4 Å². The summed E-state index contributed by atoms with van der Waals surface area (Å²) in [4.78, 5) is 31.0. The molecule has 1 saturated carbocycles. The number of amides is 1. The Kier molecular flexibility index (Phi) is 4.60. The number of hydrogen-bond donors (Lipinski definition) is 3. The summed E-state index contributed by atoms with van der Waals surface area (Å²) in [6.07, 6.45) is 8.00. The van der Waals surface area contributed by atoms with Crippen LogP contribution in [-0.4, -0.2) is 33.0 Å². The van der Waals surface area contributed by atoms with Crippen LogP contribution in [0.3, 0.4) is 0 Å². The van der Waals surface area contributed by atoms with Gasteiger partial charge in [-0.15, -0.1) is 0 Å². The Morgan fingerprint density at radius 3 is 2.96 bits per heavy atom. The number of nitrogens with zero attached hydrogens (tertiary/aromatic N) is 1. The lowest BCUT2D eigenvalue weighted by molar-refractivity contribution is -0.143. The third-order valence-corrected chi connectivity index (χ3v) is 4.57. The average Bonchev–Trinajstić information content (AvgIpc) is 2.77. The lowest BCUT2D eigenvalue weighted by Gasteiger charge is -2.22. The summed E-state index contributed by atoms with van der Waals surface area (Å²) in [5, 5.41) is 13.2. The van der Waals surface area contributed by atoms with Crippen LogP contribution < -0.4 is 5.32 Å². The minimum absolute atomic E-state index is 0.132. The summed E-state index contributed by atoms with van der Waals surface area (Å²) < 4.78 is 0. The number of carbonyl (C=O) groups excluding carboxylic acids is 1. The standard InChI is InChI=1S/C17H21N3O3/c21-15(9-11-10-19-16-12(11)6-4-8-18-16)20-14-7-3-1-2-5-13(14)17(22)23/h4,6,8,10,13-14H,1-3,5,7,9H2,(H,18,19)(H,20,21)(H,22,23)/t13-,14+/m1/s1. The first-order chi connectivity index (χ1) is 11.1. The molecule has 2 atom stereocenters. The fourth-order valence-electron chi connectivity index (χ4n) is 3.37. The van der Waals surface area contributed by atoms with E-state index in [1.165, 1.54) is 0 Å². The van der Waals surface area contributed by atoms with E-state index in [0.29, 0.717) is 6.42 Å². The van der Waals surface area contributed by atoms with Crippen LogP contribution >= 0.6 is 0 Å². The molecule has 2 heterocycles. The van der Waals surface area contributed by atoms with Crippen molar-refractivity contribution in [1.82, 2.24) is 15.3 Å². The summed E-state index contributed by atoms with van der Waals surface area (Å²) >= 11 is 0. The molecule has 23 heavy (non-hydrogen) atoms. The number of carboxylic acids is 1. The number of fused-ring (bicyclic) bond motifs is 1. The van der Waals surface area contributed by atoms with Gasteiger partial charge in [0.1, 0.15) is 5.65 Å². The molecular weight excluding hydrogens is 294 g/mol. The maximum Gasteiger partial charge on any atom is 0.308 e. The number of aromatic nitrogens is 2. The van der Waals surface area contributed by atoms with Crippen molar-refractivity contribution >= 4 is 22.9 Å². The van der Waals surface area contributed by atoms with E-state index in [9.17, 15) is 14.7 Å². The van der Waals surface area contributed by atoms with E-state index < -0.39 is 11.9 Å². The normalized spacial score (nSPS) is 21.7. The number of aromatic amines is 1. The number of hydrogen-bond acceptors (Lipinski definition) is 3. The highest BCUT2D eigenvalue weighted by Crippen LogP contribution is 2.24. The van der Waals surface area contributed by atoms with Crippen LogP contribution in [0.15, 0.2) is 24.5 Å². The van der Waals surface area contributed by atoms with E-state index in [1.807, 2.05) is 12.1 Å². The number of carbonyl (C=O) groups is 2. The van der Waals surface area contributed by atoms with Gasteiger partial charge in [-0.2, -0.15) is 0 Å². The highest BCUT2D eigenvalue weighted by molar-refractivity contribution is 5.87. The van der Waals surface area contributed by atoms with Gasteiger partial charge in [-0.25, -0.2) is 4.98 Å². The number of aliphatic carboxylic acids is 1. The van der Waals surface area contributed by atoms with Gasteiger partial charge in [-0.05, 0) is 30.5 Å². The summed E-state index contributed by atoms with van der Waals surface area (Å²) in [6, 6.07) is 3.49. The molecule has 1 aliphatic rings. The van der Waals surface area contributed by atoms with Gasteiger partial charge in [-0.3, -0.25) is 9.59 Å². The van der Waals surface area contributed by atoms with Gasteiger partial charge in [0, 0.05) is 23.8 Å². The fourth-order valence-corrected chi connectivity index (χ4v) is 3.37. The van der Waals surface area contributed by atoms with Crippen molar-refractivity contribution in [3.8, 4) is 0 Å². The van der Waals surface area contributed by atoms with Gasteiger partial charge in [0.25, 0.3) is 0 Å². The summed E-state index contributed by atoms with van der Waals surface area (Å²) in [7, 11) is 0. The first-order valence-corrected chi connectivity index (χ1v) is 8.08. The molecule has 6 nitrogen and oxygen atoms in total. The number of rotatable bonds is 4. The Balaban J connectivity index is 1.69. The van der Waals surface area contributed by atoms with Gasteiger partial charge >= 0.3 is 5.97 Å². The minimum Gasteiger partial charge on any atom is -0.481 e. The van der Waals surface area contributed by atoms with E-state index in [2.05, 4.69) is 15.3 Å². The molecule has 0 radical (unpaired) electrons. The van der Waals surface area contributed by atoms with E-state index in [0.717, 1.165) is 42.3 Å². The predicted molar refractivity (Wildman–Crippen MR) is 85.9 cm³/mol. The molecule has 6 heteroatoms. The molecule has 0 aromatic carbocycles. The molecule has 0 spiro atoms. The third-order valence-electron chi connectivity index (χ3n) is 4.57. The van der Waals surface area contributed by atoms with Gasteiger partial charge in [0.2, 0.25) is 5.91 Å². The van der Waals surface area contributed by atoms with Crippen molar-refractivity contribution in [2.75, 3.05) is 0 Å². The number of pyridine rings is 1. The largest absolute Gasteiger partial charge is 0.481 e. The minimum atomic E-state index is -0.812. The lowest BCUT2D eigenvalue weighted by Crippen LogP contribution is -2.43. The number of H-pyrrole nitrogens is 1. The summed E-state index contributed by atoms with van der Waals surface area (Å²) in [5.74, 6) is -1.42. The van der Waals surface area contributed by atoms with Gasteiger partial charge in [0.05, 0.1) is 12.3 Å². The average molecular weight is 315 g/mol. The Hall–Kier alpha value is -2.37. The molecule has 0 bridgehead atoms. The van der Waals surface area contributed by atoms with Crippen molar-refractivity contribution < 1.29 is 14.7 Å². The van der Waals surface area contributed by atoms with Crippen LogP contribution in [0, 0.1) is 5.92 Å². The SMILES string of the molecule is O=C(Cc1c[nH]c2ncccc12)N[C@H]1CCCCC[C@H]1C(=O)O. The Morgan fingerprint density at radius 1 is 1.30 bits per heavy atom. The van der Waals surface area contributed by atoms with Crippen LogP contribution in [0.25, 0.3) is 11.0 Å². The quantitative estimate of drug-likeness (QED) is 0.754. The Labute approximate surface area is 134 Å². The molecular formula is C17H21N3O3. The van der Waals surface area contributed by atoms with Crippen molar-refractivity contribution in [3.05, 3.63) is 30.1 Å². The van der Waals surface area contributed by atoms with Gasteiger partial charge in [0.15, 0.2) is 0 Å². The summed E-state index contributed by atoms with van der Waals surface area (Å²) in [5.41, 5.74) is 1.64. The number of carboxylic acid groups (broad SMARTS) is 1. The second-order valence-electron chi connectivity index (χ2n) is 6.15. The molecule has 1 fully saturated rings. The maximum absolute atomic E-state index is 12.4. The Bertz CT molecular complexity index is 710. The van der Waals surface area contributed by atoms with Crippen molar-refractivity contribution in [3.63, 3.8) is 0 Å². The van der Waals surface area contributed by atoms with E-state index >= 15 is 0 Å². The van der Waals surface area contributed by atoms with E-state index in [4.69, 9.17) is 0 Å². The molecule has 1 aliphatic carbocycles. The zero-order chi connectivity index (χ0) is 16.2. The van der Waals surface area contributed by atoms with Gasteiger partial charge in [-0.1, -0.05) is 19.3 Å². The van der Waals surface area contributed by atoms with Gasteiger partial charge < -0.3 is 15.4 Å². The first-order valence-electron chi connectivity index (χ1n) is 8.08. The molecule has 122 valence electrons. The molecule has 2 aromatic heterocycles. The maximum atomic E-state index is 12.4. The van der Waals surface area contributed by atoms with E-state index in [1.54, 1.807) is 12.4 Å². The topological polar surface area (TPSA) is 95.1 Å². The second kappa shape index (κ2) is 6.81. The van der Waals surface area contributed by atoms with Crippen LogP contribution in [-0.2, 0) is 16.0 Å². The Morgan fingerprint density at radius 2 is 2.13 bits per heavy atom. The molecule has 0 aliphatic heterocycles. The molecule has 3 rings (SSSR count). The fraction of sp³-hybridized carbons (Fsp3) is 0.471. The first kappa shape index (κ1) is 15.5. The summed E-state index contributed by atoms with van der Waals surface area (Å²) in [6.45, 7) is 0. The van der Waals surface area contributed by atoms with Crippen LogP contribution in [0.5, 0.6) is 0 Å². The monoisotopic (exact) mass is 315 g/mol. The molecule has 0 saturated heterocycles. The molecule has 0 unspecified atom stereocenters. The van der Waals surface area contributed by atoms with Crippen molar-refractivity contribution in [1.29, 1.82) is 0 Å². The predicted octanol–water partition coefficient (Wildman–Crippen LogP) is 2.26. The highest BCUT2D eigenvalue weighted by atomic mass is 16.4. The molecule has 3 N–H and O–H groups in total. The second-order valence-corrected chi connectivity index (χ2v) is 6.15. The third kappa shape index (κ3) is 3.52. The molecule has 1 amide bonds. The van der Waals surface area contributed by atoms with Crippen LogP contribution in [0.2, 0.25) is 0 Å². The highest BCUT2D eigenvalue weighted by Gasteiger charge is 2.30. The van der Waals surface area contributed by atoms with Crippen molar-refractivity contribution in [2.24, 2.45) is 5.92 Å². The van der Waals surface area contributed by atoms with Crippen molar-refractivity contribution in [2.45, 2.75) is 44.6 Å². The van der Waals surface area contributed by atoms with Crippen LogP contribution in [0.4, 0.5) is 0 Å². The zero-order valence-corrected chi connectivity index (χ0v) is 12.9. The lowest BCUT2D eigenvalue weighted by atomic mass is 9.94. The van der Waals surface area contributed by atoms with Crippen LogP contribution in [0.1, 0.15) is 37.7 Å².